The fraction of sp³-hybridized carbons (Fsp3) is 0.300. The number of hydrogen-bond acceptors (Lipinski definition) is 5. The van der Waals surface area contributed by atoms with E-state index in [-0.39, 0.29) is 5.91 Å². The largest absolute Gasteiger partial charge is 0.465 e. The lowest BCUT2D eigenvalue weighted by molar-refractivity contribution is -0.116. The van der Waals surface area contributed by atoms with E-state index < -0.39 is 11.9 Å². The normalized spacial score (nSPS) is 13.1. The maximum absolute atomic E-state index is 12.3. The Morgan fingerprint density at radius 3 is 2.48 bits per heavy atom. The van der Waals surface area contributed by atoms with Gasteiger partial charge in [0.05, 0.1) is 29.6 Å². The summed E-state index contributed by atoms with van der Waals surface area (Å²) >= 11 is 0. The molecule has 1 aliphatic carbocycles. The lowest BCUT2D eigenvalue weighted by Gasteiger charge is -2.23. The Balaban J connectivity index is 2.01. The van der Waals surface area contributed by atoms with Crippen molar-refractivity contribution in [3.05, 3.63) is 47.7 Å². The van der Waals surface area contributed by atoms with E-state index in [9.17, 15) is 14.4 Å². The minimum Gasteiger partial charge on any atom is -0.465 e. The molecular formula is C20H21N3O4. The number of nitrogens with zero attached hydrogens (tertiary/aromatic N) is 2. The summed E-state index contributed by atoms with van der Waals surface area (Å²) < 4.78 is 4.91. The van der Waals surface area contributed by atoms with Gasteiger partial charge in [0.25, 0.3) is 0 Å². The molecule has 0 radical (unpaired) electrons. The van der Waals surface area contributed by atoms with E-state index in [0.717, 1.165) is 12.8 Å². The lowest BCUT2D eigenvalue weighted by Crippen LogP contribution is -2.32. The molecule has 27 heavy (non-hydrogen) atoms. The maximum Gasteiger partial charge on any atom is 0.340 e. The van der Waals surface area contributed by atoms with E-state index in [1.807, 2.05) is 0 Å². The average molecular weight is 367 g/mol. The van der Waals surface area contributed by atoms with Crippen LogP contribution in [0.15, 0.2) is 36.5 Å². The van der Waals surface area contributed by atoms with E-state index in [1.165, 1.54) is 20.2 Å². The van der Waals surface area contributed by atoms with Crippen molar-refractivity contribution < 1.29 is 19.1 Å². The van der Waals surface area contributed by atoms with Crippen LogP contribution in [0.5, 0.6) is 0 Å². The van der Waals surface area contributed by atoms with Crippen LogP contribution in [0, 0.1) is 5.92 Å². The van der Waals surface area contributed by atoms with Crippen LogP contribution in [0.4, 0.5) is 5.69 Å². The zero-order valence-electron chi connectivity index (χ0n) is 15.3. The molecule has 1 fully saturated rings. The minimum absolute atomic E-state index is 0.122. The molecule has 7 heteroatoms. The van der Waals surface area contributed by atoms with Crippen LogP contribution in [-0.2, 0) is 9.53 Å². The van der Waals surface area contributed by atoms with Gasteiger partial charge in [-0.05, 0) is 43.0 Å². The SMILES string of the molecule is COC(=O)c1cc(-c2ccc(C(N)=O)cn2)ccc1N(CC1CC1)C(C)=O. The molecule has 3 rings (SSSR count). The van der Waals surface area contributed by atoms with Crippen molar-refractivity contribution in [2.24, 2.45) is 11.7 Å². The highest BCUT2D eigenvalue weighted by Gasteiger charge is 2.29. The predicted octanol–water partition coefficient (Wildman–Crippen LogP) is 2.40. The first-order chi connectivity index (χ1) is 12.9. The molecule has 7 nitrogen and oxygen atoms in total. The highest BCUT2D eigenvalue weighted by Crippen LogP contribution is 2.34. The Kier molecular flexibility index (Phi) is 5.21. The Hall–Kier alpha value is -3.22. The fourth-order valence-electron chi connectivity index (χ4n) is 2.87. The Morgan fingerprint density at radius 2 is 1.96 bits per heavy atom. The third-order valence-electron chi connectivity index (χ3n) is 4.55. The number of aromatic nitrogens is 1. The molecule has 0 atom stereocenters. The molecule has 2 N–H and O–H groups in total. The molecule has 0 spiro atoms. The lowest BCUT2D eigenvalue weighted by atomic mass is 10.0. The molecule has 2 amide bonds. The third-order valence-corrected chi connectivity index (χ3v) is 4.55. The van der Waals surface area contributed by atoms with Gasteiger partial charge in [0.15, 0.2) is 0 Å². The standard InChI is InChI=1S/C20H21N3O4/c1-12(24)23(11-13-3-4-13)18-8-6-14(9-16(18)20(26)27-2)17-7-5-15(10-22-17)19(21)25/h5-10,13H,3-4,11H2,1-2H3,(H2,21,25). The van der Waals surface area contributed by atoms with Gasteiger partial charge in [-0.1, -0.05) is 6.07 Å². The Bertz CT molecular complexity index is 889. The van der Waals surface area contributed by atoms with Crippen LogP contribution >= 0.6 is 0 Å². The number of pyridine rings is 1. The molecule has 1 aromatic heterocycles. The molecule has 2 aromatic rings. The maximum atomic E-state index is 12.3. The first-order valence-electron chi connectivity index (χ1n) is 8.67. The Morgan fingerprint density at radius 1 is 1.22 bits per heavy atom. The second-order valence-corrected chi connectivity index (χ2v) is 6.59. The van der Waals surface area contributed by atoms with Gasteiger partial charge in [0.2, 0.25) is 11.8 Å². The van der Waals surface area contributed by atoms with Crippen molar-refractivity contribution in [2.75, 3.05) is 18.6 Å². The summed E-state index contributed by atoms with van der Waals surface area (Å²) in [5.41, 5.74) is 7.61. The number of ether oxygens (including phenoxy) is 1. The van der Waals surface area contributed by atoms with Crippen molar-refractivity contribution in [1.82, 2.24) is 4.98 Å². The van der Waals surface area contributed by atoms with E-state index in [1.54, 1.807) is 35.2 Å². The van der Waals surface area contributed by atoms with Crippen molar-refractivity contribution >= 4 is 23.5 Å². The number of carbonyl (C=O) groups is 3. The summed E-state index contributed by atoms with van der Waals surface area (Å²) in [6.45, 7) is 2.08. The van der Waals surface area contributed by atoms with Crippen molar-refractivity contribution in [3.8, 4) is 11.3 Å². The molecule has 1 saturated carbocycles. The number of carbonyl (C=O) groups excluding carboxylic acids is 3. The number of hydrogen-bond donors (Lipinski definition) is 1. The fourth-order valence-corrected chi connectivity index (χ4v) is 2.87. The summed E-state index contributed by atoms with van der Waals surface area (Å²) in [5, 5.41) is 0. The molecule has 0 unspecified atom stereocenters. The summed E-state index contributed by atoms with van der Waals surface area (Å²) in [4.78, 5) is 41.5. The van der Waals surface area contributed by atoms with E-state index in [4.69, 9.17) is 10.5 Å². The van der Waals surface area contributed by atoms with Gasteiger partial charge >= 0.3 is 5.97 Å². The topological polar surface area (TPSA) is 103 Å². The zero-order valence-corrected chi connectivity index (χ0v) is 15.3. The van der Waals surface area contributed by atoms with Crippen LogP contribution in [0.3, 0.4) is 0 Å². The number of anilines is 1. The number of methoxy groups -OCH3 is 1. The molecule has 1 aromatic carbocycles. The summed E-state index contributed by atoms with van der Waals surface area (Å²) in [7, 11) is 1.30. The van der Waals surface area contributed by atoms with E-state index in [2.05, 4.69) is 4.98 Å². The van der Waals surface area contributed by atoms with Crippen LogP contribution in [0.25, 0.3) is 11.3 Å². The minimum atomic E-state index is -0.558. The van der Waals surface area contributed by atoms with E-state index in [0.29, 0.717) is 40.5 Å². The van der Waals surface area contributed by atoms with Crippen LogP contribution < -0.4 is 10.6 Å². The van der Waals surface area contributed by atoms with Gasteiger partial charge in [-0.25, -0.2) is 4.79 Å². The van der Waals surface area contributed by atoms with Gasteiger partial charge < -0.3 is 15.4 Å². The second-order valence-electron chi connectivity index (χ2n) is 6.59. The number of benzene rings is 1. The number of primary amides is 1. The average Bonchev–Trinajstić information content (AvgIpc) is 3.49. The highest BCUT2D eigenvalue weighted by molar-refractivity contribution is 6.03. The Labute approximate surface area is 157 Å². The second kappa shape index (κ2) is 7.57. The van der Waals surface area contributed by atoms with Crippen LogP contribution in [-0.4, -0.2) is 36.4 Å². The van der Waals surface area contributed by atoms with Gasteiger partial charge in [0, 0.05) is 25.2 Å². The van der Waals surface area contributed by atoms with Crippen molar-refractivity contribution in [2.45, 2.75) is 19.8 Å². The van der Waals surface area contributed by atoms with Gasteiger partial charge in [-0.2, -0.15) is 0 Å². The highest BCUT2D eigenvalue weighted by atomic mass is 16.5. The zero-order chi connectivity index (χ0) is 19.6. The smallest absolute Gasteiger partial charge is 0.340 e. The monoisotopic (exact) mass is 367 g/mol. The first-order valence-corrected chi connectivity index (χ1v) is 8.67. The van der Waals surface area contributed by atoms with Gasteiger partial charge in [-0.15, -0.1) is 0 Å². The molecule has 0 aliphatic heterocycles. The van der Waals surface area contributed by atoms with Crippen molar-refractivity contribution in [3.63, 3.8) is 0 Å². The molecule has 140 valence electrons. The first kappa shape index (κ1) is 18.6. The number of amides is 2. The summed E-state index contributed by atoms with van der Waals surface area (Å²) in [5.74, 6) is -0.731. The number of rotatable bonds is 6. The summed E-state index contributed by atoms with van der Waals surface area (Å²) in [6.07, 6.45) is 3.56. The van der Waals surface area contributed by atoms with E-state index >= 15 is 0 Å². The number of esters is 1. The molecule has 0 bridgehead atoms. The van der Waals surface area contributed by atoms with Crippen LogP contribution in [0.1, 0.15) is 40.5 Å². The van der Waals surface area contributed by atoms with Gasteiger partial charge in [0.1, 0.15) is 0 Å². The third kappa shape index (κ3) is 4.13. The molecule has 1 heterocycles. The van der Waals surface area contributed by atoms with Gasteiger partial charge in [-0.3, -0.25) is 14.6 Å². The van der Waals surface area contributed by atoms with Crippen molar-refractivity contribution in [1.29, 1.82) is 0 Å². The summed E-state index contributed by atoms with van der Waals surface area (Å²) in [6, 6.07) is 8.40. The predicted molar refractivity (Wildman–Crippen MR) is 100 cm³/mol. The molecule has 0 saturated heterocycles. The molecular weight excluding hydrogens is 346 g/mol. The number of nitrogens with two attached hydrogens (primary N) is 1. The van der Waals surface area contributed by atoms with Crippen LogP contribution in [0.2, 0.25) is 0 Å². The molecule has 1 aliphatic rings. The quantitative estimate of drug-likeness (QED) is 0.790.